The van der Waals surface area contributed by atoms with Gasteiger partial charge < -0.3 is 9.47 Å². The van der Waals surface area contributed by atoms with Crippen LogP contribution in [0.25, 0.3) is 11.6 Å². The third-order valence-corrected chi connectivity index (χ3v) is 5.33. The number of allylic oxidation sites excluding steroid dienone is 1. The van der Waals surface area contributed by atoms with Crippen molar-refractivity contribution in [1.82, 2.24) is 0 Å². The third-order valence-electron chi connectivity index (χ3n) is 5.33. The molecule has 3 heteroatoms. The average molecular weight is 415 g/mol. The Balaban J connectivity index is 1.81. The Labute approximate surface area is 185 Å². The maximum absolute atomic E-state index is 12.4. The quantitative estimate of drug-likeness (QED) is 0.221. The van der Waals surface area contributed by atoms with Gasteiger partial charge in [0.2, 0.25) is 0 Å². The molecule has 160 valence electrons. The molecule has 0 unspecified atom stereocenters. The molecular formula is C28H30O3. The average Bonchev–Trinajstić information content (AvgIpc) is 2.81. The van der Waals surface area contributed by atoms with Crippen LogP contribution < -0.4 is 4.74 Å². The van der Waals surface area contributed by atoms with Gasteiger partial charge in [0.15, 0.2) is 0 Å². The lowest BCUT2D eigenvalue weighted by molar-refractivity contribution is 0.0600. The fourth-order valence-electron chi connectivity index (χ4n) is 3.67. The zero-order chi connectivity index (χ0) is 22.1. The van der Waals surface area contributed by atoms with Crippen LogP contribution in [0.3, 0.4) is 0 Å². The zero-order valence-electron chi connectivity index (χ0n) is 18.6. The van der Waals surface area contributed by atoms with E-state index in [0.29, 0.717) is 12.2 Å². The summed E-state index contributed by atoms with van der Waals surface area (Å²) in [5.41, 5.74) is 6.12. The standard InChI is InChI=1S/C28H30O3/c1-4-22-15-17-25(18-16-22)31-19-9-13-24(20-23-11-6-5-7-12-23)27-21(2)10-8-14-26(27)28(29)30-3/h5-8,10-12,14-18,20H,4,9,13,19H2,1-3H3/b24-20-. The first-order chi connectivity index (χ1) is 15.1. The summed E-state index contributed by atoms with van der Waals surface area (Å²) >= 11 is 0. The van der Waals surface area contributed by atoms with Gasteiger partial charge >= 0.3 is 5.97 Å². The predicted molar refractivity (Wildman–Crippen MR) is 127 cm³/mol. The molecule has 0 aromatic heterocycles. The van der Waals surface area contributed by atoms with Gasteiger partial charge in [-0.25, -0.2) is 4.79 Å². The number of ether oxygens (including phenoxy) is 2. The zero-order valence-corrected chi connectivity index (χ0v) is 18.6. The van der Waals surface area contributed by atoms with Crippen molar-refractivity contribution in [3.05, 3.63) is 101 Å². The number of aryl methyl sites for hydroxylation is 2. The maximum Gasteiger partial charge on any atom is 0.338 e. The fourth-order valence-corrected chi connectivity index (χ4v) is 3.67. The minimum absolute atomic E-state index is 0.315. The molecule has 0 heterocycles. The van der Waals surface area contributed by atoms with Gasteiger partial charge in [0, 0.05) is 0 Å². The molecule has 3 rings (SSSR count). The Kier molecular flexibility index (Phi) is 8.05. The number of esters is 1. The van der Waals surface area contributed by atoms with E-state index >= 15 is 0 Å². The topological polar surface area (TPSA) is 35.5 Å². The summed E-state index contributed by atoms with van der Waals surface area (Å²) in [6.45, 7) is 4.79. The molecule has 0 fully saturated rings. The Hall–Kier alpha value is -3.33. The molecule has 0 spiro atoms. The van der Waals surface area contributed by atoms with Gasteiger partial charge in [-0.05, 0) is 72.2 Å². The van der Waals surface area contributed by atoms with Gasteiger partial charge in [-0.1, -0.05) is 67.6 Å². The molecule has 0 aliphatic rings. The summed E-state index contributed by atoms with van der Waals surface area (Å²) < 4.78 is 11.0. The van der Waals surface area contributed by atoms with E-state index in [1.54, 1.807) is 0 Å². The summed E-state index contributed by atoms with van der Waals surface area (Å²) in [6, 6.07) is 24.2. The monoisotopic (exact) mass is 414 g/mol. The van der Waals surface area contributed by atoms with Crippen molar-refractivity contribution in [2.75, 3.05) is 13.7 Å². The van der Waals surface area contributed by atoms with E-state index in [4.69, 9.17) is 9.47 Å². The summed E-state index contributed by atoms with van der Waals surface area (Å²) in [5, 5.41) is 0. The number of methoxy groups -OCH3 is 1. The second-order valence-corrected chi connectivity index (χ2v) is 7.52. The molecule has 3 aromatic rings. The normalized spacial score (nSPS) is 11.3. The van der Waals surface area contributed by atoms with Crippen LogP contribution in [-0.4, -0.2) is 19.7 Å². The molecule has 3 nitrogen and oxygen atoms in total. The highest BCUT2D eigenvalue weighted by atomic mass is 16.5. The van der Waals surface area contributed by atoms with Crippen molar-refractivity contribution in [3.63, 3.8) is 0 Å². The molecule has 0 radical (unpaired) electrons. The molecule has 31 heavy (non-hydrogen) atoms. The smallest absolute Gasteiger partial charge is 0.338 e. The molecule has 0 aliphatic heterocycles. The number of benzene rings is 3. The number of hydrogen-bond donors (Lipinski definition) is 0. The van der Waals surface area contributed by atoms with E-state index in [9.17, 15) is 4.79 Å². The second-order valence-electron chi connectivity index (χ2n) is 7.52. The molecule has 0 saturated heterocycles. The highest BCUT2D eigenvalue weighted by Gasteiger charge is 2.17. The van der Waals surface area contributed by atoms with E-state index in [1.807, 2.05) is 55.5 Å². The van der Waals surface area contributed by atoms with Crippen molar-refractivity contribution in [2.24, 2.45) is 0 Å². The second kappa shape index (κ2) is 11.2. The number of carbonyl (C=O) groups excluding carboxylic acids is 1. The minimum Gasteiger partial charge on any atom is -0.494 e. The summed E-state index contributed by atoms with van der Waals surface area (Å²) in [6.07, 6.45) is 4.80. The van der Waals surface area contributed by atoms with E-state index in [-0.39, 0.29) is 5.97 Å². The van der Waals surface area contributed by atoms with Crippen molar-refractivity contribution in [3.8, 4) is 5.75 Å². The van der Waals surface area contributed by atoms with Crippen LogP contribution in [0.1, 0.15) is 52.4 Å². The summed E-state index contributed by atoms with van der Waals surface area (Å²) in [7, 11) is 1.42. The van der Waals surface area contributed by atoms with Crippen LogP contribution in [0, 0.1) is 6.92 Å². The van der Waals surface area contributed by atoms with Crippen molar-refractivity contribution in [2.45, 2.75) is 33.1 Å². The molecule has 0 saturated carbocycles. The SMILES string of the molecule is CCc1ccc(OCCC/C(=C/c2ccccc2)c2c(C)cccc2C(=O)OC)cc1. The van der Waals surface area contributed by atoms with Gasteiger partial charge in [-0.3, -0.25) is 0 Å². The van der Waals surface area contributed by atoms with Crippen molar-refractivity contribution in [1.29, 1.82) is 0 Å². The predicted octanol–water partition coefficient (Wildman–Crippen LogP) is 6.74. The highest BCUT2D eigenvalue weighted by molar-refractivity contribution is 5.98. The first-order valence-corrected chi connectivity index (χ1v) is 10.8. The Morgan fingerprint density at radius 1 is 0.935 bits per heavy atom. The van der Waals surface area contributed by atoms with Crippen molar-refractivity contribution < 1.29 is 14.3 Å². The molecule has 0 aliphatic carbocycles. The van der Waals surface area contributed by atoms with Gasteiger partial charge in [0.05, 0.1) is 19.3 Å². The molecular weight excluding hydrogens is 384 g/mol. The Morgan fingerprint density at radius 2 is 1.68 bits per heavy atom. The number of carbonyl (C=O) groups is 1. The van der Waals surface area contributed by atoms with E-state index in [1.165, 1.54) is 12.7 Å². The van der Waals surface area contributed by atoms with Crippen molar-refractivity contribution >= 4 is 17.6 Å². The lowest BCUT2D eigenvalue weighted by Gasteiger charge is -2.16. The van der Waals surface area contributed by atoms with Crippen LogP contribution in [0.2, 0.25) is 0 Å². The first-order valence-electron chi connectivity index (χ1n) is 10.8. The van der Waals surface area contributed by atoms with Gasteiger partial charge in [-0.15, -0.1) is 0 Å². The maximum atomic E-state index is 12.4. The van der Waals surface area contributed by atoms with Gasteiger partial charge in [0.25, 0.3) is 0 Å². The van der Waals surface area contributed by atoms with Crippen LogP contribution in [0.4, 0.5) is 0 Å². The Morgan fingerprint density at radius 3 is 2.35 bits per heavy atom. The molecule has 3 aromatic carbocycles. The molecule has 0 atom stereocenters. The van der Waals surface area contributed by atoms with E-state index < -0.39 is 0 Å². The van der Waals surface area contributed by atoms with Crippen LogP contribution in [-0.2, 0) is 11.2 Å². The lowest BCUT2D eigenvalue weighted by Crippen LogP contribution is -2.08. The first kappa shape index (κ1) is 22.4. The molecule has 0 bridgehead atoms. The van der Waals surface area contributed by atoms with E-state index in [0.717, 1.165) is 47.3 Å². The van der Waals surface area contributed by atoms with Crippen LogP contribution >= 0.6 is 0 Å². The third kappa shape index (κ3) is 6.08. The lowest BCUT2D eigenvalue weighted by atomic mass is 9.90. The highest BCUT2D eigenvalue weighted by Crippen LogP contribution is 2.30. The Bertz CT molecular complexity index is 1020. The fraction of sp³-hybridized carbons (Fsp3) is 0.250. The van der Waals surface area contributed by atoms with Crippen LogP contribution in [0.5, 0.6) is 5.75 Å². The van der Waals surface area contributed by atoms with Crippen LogP contribution in [0.15, 0.2) is 72.8 Å². The minimum atomic E-state index is -0.315. The summed E-state index contributed by atoms with van der Waals surface area (Å²) in [5.74, 6) is 0.571. The number of hydrogen-bond acceptors (Lipinski definition) is 3. The summed E-state index contributed by atoms with van der Waals surface area (Å²) in [4.78, 5) is 12.4. The molecule has 0 N–H and O–H groups in total. The molecule has 0 amide bonds. The van der Waals surface area contributed by atoms with Gasteiger partial charge in [-0.2, -0.15) is 0 Å². The number of rotatable bonds is 9. The largest absolute Gasteiger partial charge is 0.494 e. The van der Waals surface area contributed by atoms with E-state index in [2.05, 4.69) is 37.3 Å². The van der Waals surface area contributed by atoms with Gasteiger partial charge in [0.1, 0.15) is 5.75 Å².